The lowest BCUT2D eigenvalue weighted by molar-refractivity contribution is -0.116. The highest BCUT2D eigenvalue weighted by atomic mass is 35.5. The van der Waals surface area contributed by atoms with Crippen LogP contribution >= 0.6 is 23.7 Å². The number of aryl methyl sites for hydroxylation is 1. The van der Waals surface area contributed by atoms with Gasteiger partial charge in [-0.3, -0.25) is 4.79 Å². The summed E-state index contributed by atoms with van der Waals surface area (Å²) in [5.41, 5.74) is 3.22. The Kier molecular flexibility index (Phi) is 5.94. The molecule has 4 nitrogen and oxygen atoms in total. The molecule has 1 aliphatic rings. The van der Waals surface area contributed by atoms with Crippen LogP contribution in [0.1, 0.15) is 24.8 Å². The summed E-state index contributed by atoms with van der Waals surface area (Å²) in [5, 5.41) is 8.89. The smallest absolute Gasteiger partial charge is 0.227 e. The minimum absolute atomic E-state index is 0. The highest BCUT2D eigenvalue weighted by Gasteiger charge is 2.18. The molecule has 1 unspecified atom stereocenters. The van der Waals surface area contributed by atoms with Gasteiger partial charge in [-0.2, -0.15) is 0 Å². The van der Waals surface area contributed by atoms with Crippen molar-refractivity contribution in [3.63, 3.8) is 0 Å². The van der Waals surface area contributed by atoms with Crippen molar-refractivity contribution in [2.24, 2.45) is 0 Å². The summed E-state index contributed by atoms with van der Waals surface area (Å²) in [6.07, 6.45) is 2.77. The fraction of sp³-hybridized carbons (Fsp3) is 0.375. The van der Waals surface area contributed by atoms with Gasteiger partial charge in [0, 0.05) is 23.4 Å². The van der Waals surface area contributed by atoms with Crippen molar-refractivity contribution in [2.45, 2.75) is 32.2 Å². The SMILES string of the molecule is Cc1ccc(-c2csc(NC(=O)CC3CCCN3)n2)cc1.Cl. The number of hydrogen-bond acceptors (Lipinski definition) is 4. The number of aromatic nitrogens is 1. The van der Waals surface area contributed by atoms with Gasteiger partial charge in [-0.1, -0.05) is 29.8 Å². The molecule has 0 aliphatic carbocycles. The van der Waals surface area contributed by atoms with Gasteiger partial charge in [-0.15, -0.1) is 23.7 Å². The lowest BCUT2D eigenvalue weighted by Crippen LogP contribution is -2.27. The minimum atomic E-state index is 0. The van der Waals surface area contributed by atoms with Gasteiger partial charge in [0.15, 0.2) is 5.13 Å². The predicted octanol–water partition coefficient (Wildman–Crippen LogP) is 3.62. The third kappa shape index (κ3) is 4.29. The van der Waals surface area contributed by atoms with Crippen molar-refractivity contribution >= 4 is 34.8 Å². The van der Waals surface area contributed by atoms with E-state index in [1.165, 1.54) is 16.9 Å². The van der Waals surface area contributed by atoms with Gasteiger partial charge in [-0.05, 0) is 26.3 Å². The first-order valence-electron chi connectivity index (χ1n) is 7.26. The average molecular weight is 338 g/mol. The van der Waals surface area contributed by atoms with E-state index < -0.39 is 0 Å². The zero-order chi connectivity index (χ0) is 14.7. The van der Waals surface area contributed by atoms with Crippen LogP contribution in [0, 0.1) is 6.92 Å². The number of thiazole rings is 1. The fourth-order valence-corrected chi connectivity index (χ4v) is 3.25. The van der Waals surface area contributed by atoms with Crippen LogP contribution in [0.15, 0.2) is 29.6 Å². The topological polar surface area (TPSA) is 54.0 Å². The van der Waals surface area contributed by atoms with Crippen LogP contribution in [0.3, 0.4) is 0 Å². The second-order valence-corrected chi connectivity index (χ2v) is 6.31. The third-order valence-electron chi connectivity index (χ3n) is 3.69. The first kappa shape index (κ1) is 16.9. The summed E-state index contributed by atoms with van der Waals surface area (Å²) in [7, 11) is 0. The molecule has 0 saturated carbocycles. The van der Waals surface area contributed by atoms with Crippen LogP contribution in [-0.4, -0.2) is 23.5 Å². The Hall–Kier alpha value is -1.43. The molecule has 1 aromatic carbocycles. The molecule has 6 heteroatoms. The van der Waals surface area contributed by atoms with Crippen LogP contribution in [0.5, 0.6) is 0 Å². The van der Waals surface area contributed by atoms with Crippen LogP contribution in [0.2, 0.25) is 0 Å². The number of rotatable bonds is 4. The van der Waals surface area contributed by atoms with Crippen molar-refractivity contribution in [1.82, 2.24) is 10.3 Å². The maximum Gasteiger partial charge on any atom is 0.227 e. The molecule has 2 heterocycles. The number of nitrogens with zero attached hydrogens (tertiary/aromatic N) is 1. The van der Waals surface area contributed by atoms with Crippen LogP contribution < -0.4 is 10.6 Å². The van der Waals surface area contributed by atoms with Crippen molar-refractivity contribution in [2.75, 3.05) is 11.9 Å². The molecule has 1 aromatic heterocycles. The first-order valence-corrected chi connectivity index (χ1v) is 8.14. The monoisotopic (exact) mass is 337 g/mol. The molecule has 0 spiro atoms. The highest BCUT2D eigenvalue weighted by Crippen LogP contribution is 2.25. The molecule has 0 radical (unpaired) electrons. The molecule has 0 bridgehead atoms. The number of anilines is 1. The first-order chi connectivity index (χ1) is 10.2. The van der Waals surface area contributed by atoms with E-state index >= 15 is 0 Å². The molecular weight excluding hydrogens is 318 g/mol. The standard InChI is InChI=1S/C16H19N3OS.ClH/c1-11-4-6-12(7-5-11)14-10-21-16(18-14)19-15(20)9-13-3-2-8-17-13;/h4-7,10,13,17H,2-3,8-9H2,1H3,(H,18,19,20);1H. The molecule has 118 valence electrons. The summed E-state index contributed by atoms with van der Waals surface area (Å²) < 4.78 is 0. The van der Waals surface area contributed by atoms with Gasteiger partial charge in [0.25, 0.3) is 0 Å². The van der Waals surface area contributed by atoms with Crippen LogP contribution in [0.25, 0.3) is 11.3 Å². The lowest BCUT2D eigenvalue weighted by Gasteiger charge is -2.08. The Labute approximate surface area is 140 Å². The number of benzene rings is 1. The van der Waals surface area contributed by atoms with Crippen LogP contribution in [-0.2, 0) is 4.79 Å². The second-order valence-electron chi connectivity index (χ2n) is 5.45. The quantitative estimate of drug-likeness (QED) is 0.895. The Bertz CT molecular complexity index is 621. The van der Waals surface area contributed by atoms with E-state index in [-0.39, 0.29) is 18.3 Å². The molecule has 2 aromatic rings. The van der Waals surface area contributed by atoms with E-state index in [4.69, 9.17) is 0 Å². The molecule has 1 saturated heterocycles. The number of hydrogen-bond donors (Lipinski definition) is 2. The number of carbonyl (C=O) groups is 1. The van der Waals surface area contributed by atoms with E-state index in [2.05, 4.69) is 46.8 Å². The number of halogens is 1. The van der Waals surface area contributed by atoms with Crippen LogP contribution in [0.4, 0.5) is 5.13 Å². The van der Waals surface area contributed by atoms with Gasteiger partial charge in [0.05, 0.1) is 5.69 Å². The van der Waals surface area contributed by atoms with Gasteiger partial charge in [-0.25, -0.2) is 4.98 Å². The largest absolute Gasteiger partial charge is 0.313 e. The van der Waals surface area contributed by atoms with Crippen molar-refractivity contribution in [3.8, 4) is 11.3 Å². The van der Waals surface area contributed by atoms with Gasteiger partial charge >= 0.3 is 0 Å². The van der Waals surface area contributed by atoms with E-state index in [0.29, 0.717) is 17.6 Å². The van der Waals surface area contributed by atoms with E-state index in [1.54, 1.807) is 0 Å². The normalized spacial score (nSPS) is 17.0. The Morgan fingerprint density at radius 2 is 2.18 bits per heavy atom. The van der Waals surface area contributed by atoms with Gasteiger partial charge in [0.1, 0.15) is 0 Å². The molecule has 1 aliphatic heterocycles. The summed E-state index contributed by atoms with van der Waals surface area (Å²) in [6, 6.07) is 8.57. The Morgan fingerprint density at radius 1 is 1.41 bits per heavy atom. The molecule has 22 heavy (non-hydrogen) atoms. The zero-order valence-electron chi connectivity index (χ0n) is 12.5. The van der Waals surface area contributed by atoms with E-state index in [0.717, 1.165) is 30.6 Å². The molecule has 1 atom stereocenters. The molecular formula is C16H20ClN3OS. The third-order valence-corrected chi connectivity index (χ3v) is 4.45. The second kappa shape index (κ2) is 7.72. The molecule has 3 rings (SSSR count). The van der Waals surface area contributed by atoms with Crippen molar-refractivity contribution in [3.05, 3.63) is 35.2 Å². The number of nitrogens with one attached hydrogen (secondary N) is 2. The zero-order valence-corrected chi connectivity index (χ0v) is 14.1. The summed E-state index contributed by atoms with van der Waals surface area (Å²) in [6.45, 7) is 3.08. The summed E-state index contributed by atoms with van der Waals surface area (Å²) in [5.74, 6) is 0.0409. The number of carbonyl (C=O) groups excluding carboxylic acids is 1. The molecule has 1 fully saturated rings. The van der Waals surface area contributed by atoms with Gasteiger partial charge < -0.3 is 10.6 Å². The summed E-state index contributed by atoms with van der Waals surface area (Å²) in [4.78, 5) is 16.5. The molecule has 2 N–H and O–H groups in total. The van der Waals surface area contributed by atoms with E-state index in [9.17, 15) is 4.79 Å². The van der Waals surface area contributed by atoms with Gasteiger partial charge in [0.2, 0.25) is 5.91 Å². The predicted molar refractivity (Wildman–Crippen MR) is 93.8 cm³/mol. The highest BCUT2D eigenvalue weighted by molar-refractivity contribution is 7.14. The maximum absolute atomic E-state index is 12.0. The number of amides is 1. The average Bonchev–Trinajstić information content (AvgIpc) is 3.11. The fourth-order valence-electron chi connectivity index (χ4n) is 2.51. The summed E-state index contributed by atoms with van der Waals surface area (Å²) >= 11 is 1.47. The van der Waals surface area contributed by atoms with Crippen molar-refractivity contribution in [1.29, 1.82) is 0 Å². The molecule has 1 amide bonds. The van der Waals surface area contributed by atoms with E-state index in [1.807, 2.05) is 5.38 Å². The Morgan fingerprint density at radius 3 is 2.86 bits per heavy atom. The van der Waals surface area contributed by atoms with Crippen molar-refractivity contribution < 1.29 is 4.79 Å². The lowest BCUT2D eigenvalue weighted by atomic mass is 10.1. The minimum Gasteiger partial charge on any atom is -0.313 e. The maximum atomic E-state index is 12.0. The Balaban J connectivity index is 0.00000176.